The first-order valence-electron chi connectivity index (χ1n) is 13.2. The highest BCUT2D eigenvalue weighted by Crippen LogP contribution is 2.15. The lowest BCUT2D eigenvalue weighted by atomic mass is 10.1. The van der Waals surface area contributed by atoms with Gasteiger partial charge in [-0.25, -0.2) is 0 Å². The predicted molar refractivity (Wildman–Crippen MR) is 148 cm³/mol. The van der Waals surface area contributed by atoms with E-state index in [1.54, 1.807) is 4.90 Å². The average Bonchev–Trinajstić information content (AvgIpc) is 3.34. The van der Waals surface area contributed by atoms with Gasteiger partial charge < -0.3 is 19.1 Å². The monoisotopic (exact) mass is 517 g/mol. The smallest absolute Gasteiger partial charge is 0.305 e. The van der Waals surface area contributed by atoms with Gasteiger partial charge in [-0.15, -0.1) is 0 Å². The number of hydrogen-bond donors (Lipinski definition) is 0. The van der Waals surface area contributed by atoms with E-state index in [0.717, 1.165) is 11.3 Å². The van der Waals surface area contributed by atoms with Crippen LogP contribution in [0.3, 0.4) is 0 Å². The zero-order valence-electron chi connectivity index (χ0n) is 22.7. The fourth-order valence-electron chi connectivity index (χ4n) is 4.36. The molecule has 3 aromatic rings. The van der Waals surface area contributed by atoms with Crippen LogP contribution in [-0.2, 0) is 38.8 Å². The van der Waals surface area contributed by atoms with Crippen molar-refractivity contribution in [2.75, 3.05) is 20.2 Å². The second-order valence-corrected chi connectivity index (χ2v) is 9.95. The SMILES string of the molecule is COC(=O)CCCC(=O)N(CC(=O)N(Cc1ccccc1)Cc1cccn1Cc1ccccc1)CC(C)C. The first kappa shape index (κ1) is 28.7. The lowest BCUT2D eigenvalue weighted by molar-refractivity contribution is -0.143. The molecular weight excluding hydrogens is 478 g/mol. The van der Waals surface area contributed by atoms with Crippen LogP contribution >= 0.6 is 0 Å². The second-order valence-electron chi connectivity index (χ2n) is 9.95. The van der Waals surface area contributed by atoms with Gasteiger partial charge in [0.25, 0.3) is 0 Å². The highest BCUT2D eigenvalue weighted by Gasteiger charge is 2.23. The first-order valence-corrected chi connectivity index (χ1v) is 13.2. The number of aromatic nitrogens is 1. The molecule has 202 valence electrons. The van der Waals surface area contributed by atoms with Gasteiger partial charge in [0.15, 0.2) is 0 Å². The Labute approximate surface area is 226 Å². The Morgan fingerprint density at radius 2 is 1.45 bits per heavy atom. The molecule has 0 atom stereocenters. The van der Waals surface area contributed by atoms with Gasteiger partial charge in [0.05, 0.1) is 20.2 Å². The maximum Gasteiger partial charge on any atom is 0.305 e. The number of methoxy groups -OCH3 is 1. The van der Waals surface area contributed by atoms with E-state index in [1.807, 2.05) is 85.6 Å². The minimum Gasteiger partial charge on any atom is -0.469 e. The third-order valence-electron chi connectivity index (χ3n) is 6.30. The number of ether oxygens (including phenoxy) is 1. The topological polar surface area (TPSA) is 71.8 Å². The number of carbonyl (C=O) groups is 3. The zero-order valence-corrected chi connectivity index (χ0v) is 22.7. The van der Waals surface area contributed by atoms with Crippen molar-refractivity contribution in [3.8, 4) is 0 Å². The van der Waals surface area contributed by atoms with Crippen LogP contribution in [0.25, 0.3) is 0 Å². The molecule has 38 heavy (non-hydrogen) atoms. The molecule has 0 aliphatic heterocycles. The molecule has 2 aromatic carbocycles. The number of hydrogen-bond acceptors (Lipinski definition) is 4. The summed E-state index contributed by atoms with van der Waals surface area (Å²) < 4.78 is 6.84. The third-order valence-corrected chi connectivity index (χ3v) is 6.30. The molecule has 7 nitrogen and oxygen atoms in total. The summed E-state index contributed by atoms with van der Waals surface area (Å²) in [4.78, 5) is 41.7. The number of rotatable bonds is 14. The third kappa shape index (κ3) is 9.21. The van der Waals surface area contributed by atoms with Gasteiger partial charge in [0.2, 0.25) is 11.8 Å². The van der Waals surface area contributed by atoms with E-state index in [4.69, 9.17) is 0 Å². The normalized spacial score (nSPS) is 10.8. The summed E-state index contributed by atoms with van der Waals surface area (Å²) in [6, 6.07) is 24.2. The Morgan fingerprint density at radius 1 is 0.789 bits per heavy atom. The molecule has 0 unspecified atom stereocenters. The van der Waals surface area contributed by atoms with Crippen LogP contribution in [0.1, 0.15) is 49.9 Å². The standard InChI is InChI=1S/C31H39N3O4/c1-25(2)20-33(29(35)17-10-18-31(37)38-3)24-30(36)34(22-27-14-8-5-9-15-27)23-28-16-11-19-32(28)21-26-12-6-4-7-13-26/h4-9,11-16,19,25H,10,17-18,20-24H2,1-3H3. The van der Waals surface area contributed by atoms with Crippen molar-refractivity contribution in [1.29, 1.82) is 0 Å². The Morgan fingerprint density at radius 3 is 2.08 bits per heavy atom. The van der Waals surface area contributed by atoms with E-state index < -0.39 is 0 Å². The van der Waals surface area contributed by atoms with Crippen molar-refractivity contribution in [1.82, 2.24) is 14.4 Å². The van der Waals surface area contributed by atoms with Crippen LogP contribution in [0.15, 0.2) is 79.0 Å². The van der Waals surface area contributed by atoms with Gasteiger partial charge in [0, 0.05) is 44.4 Å². The van der Waals surface area contributed by atoms with Crippen molar-refractivity contribution in [3.63, 3.8) is 0 Å². The largest absolute Gasteiger partial charge is 0.469 e. The van der Waals surface area contributed by atoms with E-state index in [2.05, 4.69) is 21.4 Å². The summed E-state index contributed by atoms with van der Waals surface area (Å²) in [6.07, 6.45) is 2.82. The fraction of sp³-hybridized carbons (Fsp3) is 0.387. The van der Waals surface area contributed by atoms with Crippen molar-refractivity contribution < 1.29 is 19.1 Å². The summed E-state index contributed by atoms with van der Waals surface area (Å²) in [5.41, 5.74) is 3.24. The summed E-state index contributed by atoms with van der Waals surface area (Å²) in [5, 5.41) is 0. The number of benzene rings is 2. The lowest BCUT2D eigenvalue weighted by Gasteiger charge is -2.29. The maximum absolute atomic E-state index is 13.7. The van der Waals surface area contributed by atoms with Gasteiger partial charge in [-0.1, -0.05) is 74.5 Å². The van der Waals surface area contributed by atoms with Crippen LogP contribution in [0.5, 0.6) is 0 Å². The van der Waals surface area contributed by atoms with Gasteiger partial charge in [-0.05, 0) is 35.6 Å². The average molecular weight is 518 g/mol. The van der Waals surface area contributed by atoms with E-state index in [9.17, 15) is 14.4 Å². The number of amides is 2. The molecule has 0 saturated heterocycles. The Kier molecular flexibility index (Phi) is 11.1. The number of nitrogens with zero attached hydrogens (tertiary/aromatic N) is 3. The van der Waals surface area contributed by atoms with E-state index in [0.29, 0.717) is 32.6 Å². The summed E-state index contributed by atoms with van der Waals surface area (Å²) >= 11 is 0. The Bertz CT molecular complexity index is 1160. The predicted octanol–water partition coefficient (Wildman–Crippen LogP) is 4.89. The summed E-state index contributed by atoms with van der Waals surface area (Å²) in [6.45, 7) is 6.12. The van der Waals surface area contributed by atoms with Crippen molar-refractivity contribution >= 4 is 17.8 Å². The molecule has 0 aliphatic carbocycles. The van der Waals surface area contributed by atoms with Crippen LogP contribution < -0.4 is 0 Å². The van der Waals surface area contributed by atoms with Gasteiger partial charge in [-0.3, -0.25) is 14.4 Å². The fourth-order valence-corrected chi connectivity index (χ4v) is 4.36. The highest BCUT2D eigenvalue weighted by molar-refractivity contribution is 5.85. The molecule has 0 N–H and O–H groups in total. The molecule has 0 radical (unpaired) electrons. The van der Waals surface area contributed by atoms with Gasteiger partial charge in [-0.2, -0.15) is 0 Å². The van der Waals surface area contributed by atoms with Crippen molar-refractivity contribution in [2.45, 2.75) is 52.7 Å². The van der Waals surface area contributed by atoms with Gasteiger partial charge >= 0.3 is 5.97 Å². The highest BCUT2D eigenvalue weighted by atomic mass is 16.5. The van der Waals surface area contributed by atoms with E-state index in [1.165, 1.54) is 12.7 Å². The first-order chi connectivity index (χ1) is 18.4. The maximum atomic E-state index is 13.7. The molecule has 0 saturated carbocycles. The summed E-state index contributed by atoms with van der Waals surface area (Å²) in [5.74, 6) is -0.360. The molecule has 0 spiro atoms. The lowest BCUT2D eigenvalue weighted by Crippen LogP contribution is -2.44. The van der Waals surface area contributed by atoms with Gasteiger partial charge in [0.1, 0.15) is 0 Å². The quantitative estimate of drug-likeness (QED) is 0.285. The summed E-state index contributed by atoms with van der Waals surface area (Å²) in [7, 11) is 1.34. The van der Waals surface area contributed by atoms with Crippen LogP contribution in [0.2, 0.25) is 0 Å². The van der Waals surface area contributed by atoms with Crippen molar-refractivity contribution in [3.05, 3.63) is 95.8 Å². The molecule has 0 aliphatic rings. The van der Waals surface area contributed by atoms with Crippen molar-refractivity contribution in [2.24, 2.45) is 5.92 Å². The molecule has 1 aromatic heterocycles. The number of carbonyl (C=O) groups excluding carboxylic acids is 3. The van der Waals surface area contributed by atoms with E-state index >= 15 is 0 Å². The minimum atomic E-state index is -0.336. The van der Waals surface area contributed by atoms with Crippen LogP contribution in [0.4, 0.5) is 0 Å². The molecule has 7 heteroatoms. The molecule has 1 heterocycles. The minimum absolute atomic E-state index is 0.00145. The van der Waals surface area contributed by atoms with E-state index in [-0.39, 0.29) is 43.1 Å². The zero-order chi connectivity index (χ0) is 27.3. The molecule has 0 fully saturated rings. The van der Waals surface area contributed by atoms with Crippen LogP contribution in [-0.4, -0.2) is 52.3 Å². The molecule has 3 rings (SSSR count). The molecular formula is C31H39N3O4. The number of esters is 1. The van der Waals surface area contributed by atoms with Crippen LogP contribution in [0, 0.1) is 5.92 Å². The Balaban J connectivity index is 1.76. The molecule has 2 amide bonds. The Hall–Kier alpha value is -3.87. The molecule has 0 bridgehead atoms. The second kappa shape index (κ2) is 14.8.